The summed E-state index contributed by atoms with van der Waals surface area (Å²) < 4.78 is 0. The van der Waals surface area contributed by atoms with Crippen LogP contribution in [0, 0.1) is 5.92 Å². The van der Waals surface area contributed by atoms with Crippen molar-refractivity contribution in [3.8, 4) is 0 Å². The maximum atomic E-state index is 12.3. The van der Waals surface area contributed by atoms with Crippen LogP contribution in [0.5, 0.6) is 0 Å². The zero-order chi connectivity index (χ0) is 14.7. The van der Waals surface area contributed by atoms with Gasteiger partial charge in [0.15, 0.2) is 0 Å². The molecule has 1 aromatic carbocycles. The zero-order valence-corrected chi connectivity index (χ0v) is 12.1. The SMILES string of the molecule is NCC1CCCCC1NC(=O)Cc1[nH]nc2ccccc12. The number of rotatable bonds is 4. The Balaban J connectivity index is 1.66. The number of aromatic amines is 1. The van der Waals surface area contributed by atoms with Crippen LogP contribution in [0.1, 0.15) is 31.4 Å². The van der Waals surface area contributed by atoms with E-state index in [9.17, 15) is 4.79 Å². The van der Waals surface area contributed by atoms with Crippen LogP contribution < -0.4 is 11.1 Å². The highest BCUT2D eigenvalue weighted by atomic mass is 16.1. The van der Waals surface area contributed by atoms with Crippen molar-refractivity contribution in [1.82, 2.24) is 15.5 Å². The van der Waals surface area contributed by atoms with Gasteiger partial charge in [0.05, 0.1) is 17.6 Å². The first-order chi connectivity index (χ1) is 10.3. The quantitative estimate of drug-likeness (QED) is 0.800. The van der Waals surface area contributed by atoms with Gasteiger partial charge >= 0.3 is 0 Å². The lowest BCUT2D eigenvalue weighted by atomic mass is 9.84. The minimum Gasteiger partial charge on any atom is -0.353 e. The van der Waals surface area contributed by atoms with Crippen LogP contribution in [0.2, 0.25) is 0 Å². The van der Waals surface area contributed by atoms with E-state index in [1.807, 2.05) is 24.3 Å². The molecule has 0 aliphatic heterocycles. The monoisotopic (exact) mass is 286 g/mol. The van der Waals surface area contributed by atoms with Crippen molar-refractivity contribution >= 4 is 16.8 Å². The number of nitrogens with zero attached hydrogens (tertiary/aromatic N) is 1. The number of aromatic nitrogens is 2. The van der Waals surface area contributed by atoms with Crippen LogP contribution in [0.4, 0.5) is 0 Å². The molecule has 3 rings (SSSR count). The Labute approximate surface area is 124 Å². The molecule has 1 aliphatic rings. The van der Waals surface area contributed by atoms with E-state index in [2.05, 4.69) is 15.5 Å². The van der Waals surface area contributed by atoms with E-state index >= 15 is 0 Å². The van der Waals surface area contributed by atoms with Crippen LogP contribution in [-0.2, 0) is 11.2 Å². The summed E-state index contributed by atoms with van der Waals surface area (Å²) in [6.45, 7) is 0.651. The maximum Gasteiger partial charge on any atom is 0.226 e. The van der Waals surface area contributed by atoms with Gasteiger partial charge in [-0.25, -0.2) is 0 Å². The largest absolute Gasteiger partial charge is 0.353 e. The second-order valence-corrected chi connectivity index (χ2v) is 5.85. The lowest BCUT2D eigenvalue weighted by molar-refractivity contribution is -0.121. The van der Waals surface area contributed by atoms with E-state index < -0.39 is 0 Å². The Kier molecular flexibility index (Phi) is 4.20. The molecule has 21 heavy (non-hydrogen) atoms. The number of fused-ring (bicyclic) bond motifs is 1. The minimum absolute atomic E-state index is 0.0507. The van der Waals surface area contributed by atoms with Crippen LogP contribution >= 0.6 is 0 Å². The third-order valence-electron chi connectivity index (χ3n) is 4.44. The molecule has 4 N–H and O–H groups in total. The second kappa shape index (κ2) is 6.26. The molecule has 2 unspecified atom stereocenters. The van der Waals surface area contributed by atoms with Gasteiger partial charge in [0.25, 0.3) is 0 Å². The first kappa shape index (κ1) is 14.1. The van der Waals surface area contributed by atoms with E-state index in [-0.39, 0.29) is 11.9 Å². The Morgan fingerprint density at radius 3 is 3.00 bits per heavy atom. The standard InChI is InChI=1S/C16H22N4O/c17-10-11-5-1-3-7-13(11)18-16(21)9-15-12-6-2-4-8-14(12)19-20-15/h2,4,6,8,11,13H,1,3,5,7,9-10,17H2,(H,18,21)(H,19,20). The van der Waals surface area contributed by atoms with E-state index in [1.54, 1.807) is 0 Å². The van der Waals surface area contributed by atoms with Crippen LogP contribution in [-0.4, -0.2) is 28.7 Å². The number of H-pyrrole nitrogens is 1. The number of para-hydroxylation sites is 1. The average Bonchev–Trinajstić information content (AvgIpc) is 2.91. The molecule has 1 aromatic heterocycles. The summed E-state index contributed by atoms with van der Waals surface area (Å²) in [5.41, 5.74) is 7.59. The molecule has 0 saturated heterocycles. The molecule has 1 fully saturated rings. The molecule has 0 spiro atoms. The highest BCUT2D eigenvalue weighted by Gasteiger charge is 2.25. The Bertz CT molecular complexity index is 622. The van der Waals surface area contributed by atoms with Crippen LogP contribution in [0.3, 0.4) is 0 Å². The van der Waals surface area contributed by atoms with Crippen molar-refractivity contribution in [3.63, 3.8) is 0 Å². The Morgan fingerprint density at radius 1 is 1.33 bits per heavy atom. The summed E-state index contributed by atoms with van der Waals surface area (Å²) in [5.74, 6) is 0.468. The number of amides is 1. The Hall–Kier alpha value is -1.88. The lowest BCUT2D eigenvalue weighted by Crippen LogP contribution is -2.45. The summed E-state index contributed by atoms with van der Waals surface area (Å²) >= 11 is 0. The molecule has 112 valence electrons. The van der Waals surface area contributed by atoms with Gasteiger partial charge in [0, 0.05) is 11.4 Å². The van der Waals surface area contributed by atoms with Gasteiger partial charge in [-0.2, -0.15) is 5.10 Å². The number of carbonyl (C=O) groups excluding carboxylic acids is 1. The van der Waals surface area contributed by atoms with E-state index in [0.717, 1.165) is 29.4 Å². The second-order valence-electron chi connectivity index (χ2n) is 5.85. The summed E-state index contributed by atoms with van der Waals surface area (Å²) in [4.78, 5) is 12.3. The predicted octanol–water partition coefficient (Wildman–Crippen LogP) is 1.74. The van der Waals surface area contributed by atoms with Gasteiger partial charge in [-0.05, 0) is 31.4 Å². The van der Waals surface area contributed by atoms with Gasteiger partial charge in [-0.1, -0.05) is 31.0 Å². The molecule has 2 atom stereocenters. The highest BCUT2D eigenvalue weighted by Crippen LogP contribution is 2.23. The first-order valence-corrected chi connectivity index (χ1v) is 7.69. The summed E-state index contributed by atoms with van der Waals surface area (Å²) in [6.07, 6.45) is 4.90. The third-order valence-corrected chi connectivity index (χ3v) is 4.44. The van der Waals surface area contributed by atoms with Gasteiger partial charge < -0.3 is 11.1 Å². The fraction of sp³-hybridized carbons (Fsp3) is 0.500. The highest BCUT2D eigenvalue weighted by molar-refractivity contribution is 5.87. The molecule has 5 nitrogen and oxygen atoms in total. The van der Waals surface area contributed by atoms with Crippen molar-refractivity contribution in [3.05, 3.63) is 30.0 Å². The van der Waals surface area contributed by atoms with Crippen molar-refractivity contribution in [1.29, 1.82) is 0 Å². The van der Waals surface area contributed by atoms with Crippen molar-refractivity contribution in [2.24, 2.45) is 11.7 Å². The molecule has 5 heteroatoms. The smallest absolute Gasteiger partial charge is 0.226 e. The molecule has 1 aliphatic carbocycles. The van der Waals surface area contributed by atoms with Crippen molar-refractivity contribution in [2.45, 2.75) is 38.1 Å². The molecule has 1 amide bonds. The lowest BCUT2D eigenvalue weighted by Gasteiger charge is -2.31. The number of nitrogens with one attached hydrogen (secondary N) is 2. The predicted molar refractivity (Wildman–Crippen MR) is 82.7 cm³/mol. The average molecular weight is 286 g/mol. The number of nitrogens with two attached hydrogens (primary N) is 1. The van der Waals surface area contributed by atoms with Crippen molar-refractivity contribution in [2.75, 3.05) is 6.54 Å². The molecule has 0 bridgehead atoms. The number of carbonyl (C=O) groups is 1. The van der Waals surface area contributed by atoms with Crippen LogP contribution in [0.15, 0.2) is 24.3 Å². The van der Waals surface area contributed by atoms with E-state index in [1.165, 1.54) is 12.8 Å². The van der Waals surface area contributed by atoms with Gasteiger partial charge in [-0.3, -0.25) is 9.89 Å². The number of benzene rings is 1. The van der Waals surface area contributed by atoms with Crippen molar-refractivity contribution < 1.29 is 4.79 Å². The van der Waals surface area contributed by atoms with Gasteiger partial charge in [-0.15, -0.1) is 0 Å². The molecule has 1 heterocycles. The number of hydrogen-bond donors (Lipinski definition) is 3. The first-order valence-electron chi connectivity index (χ1n) is 7.69. The fourth-order valence-corrected chi connectivity index (χ4v) is 3.25. The zero-order valence-electron chi connectivity index (χ0n) is 12.1. The van der Waals surface area contributed by atoms with E-state index in [0.29, 0.717) is 18.9 Å². The van der Waals surface area contributed by atoms with Crippen LogP contribution in [0.25, 0.3) is 10.9 Å². The van der Waals surface area contributed by atoms with Gasteiger partial charge in [0.1, 0.15) is 0 Å². The molecule has 2 aromatic rings. The molecule has 1 saturated carbocycles. The van der Waals surface area contributed by atoms with Gasteiger partial charge in [0.2, 0.25) is 5.91 Å². The molecular weight excluding hydrogens is 264 g/mol. The minimum atomic E-state index is 0.0507. The summed E-state index contributed by atoms with van der Waals surface area (Å²) in [5, 5.41) is 11.4. The normalized spacial score (nSPS) is 22.3. The Morgan fingerprint density at radius 2 is 2.14 bits per heavy atom. The molecular formula is C16H22N4O. The topological polar surface area (TPSA) is 83.8 Å². The maximum absolute atomic E-state index is 12.3. The fourth-order valence-electron chi connectivity index (χ4n) is 3.25. The van der Waals surface area contributed by atoms with E-state index in [4.69, 9.17) is 5.73 Å². The molecule has 0 radical (unpaired) electrons. The summed E-state index contributed by atoms with van der Waals surface area (Å²) in [7, 11) is 0. The summed E-state index contributed by atoms with van der Waals surface area (Å²) in [6, 6.07) is 8.07. The number of hydrogen-bond acceptors (Lipinski definition) is 3. The third kappa shape index (κ3) is 3.08.